The number of allylic oxidation sites excluding steroid dienone is 2. The molecular weight excluding hydrogens is 173 g/mol. The van der Waals surface area contributed by atoms with Crippen molar-refractivity contribution in [2.45, 2.75) is 11.1 Å². The molecule has 0 bridgehead atoms. The Morgan fingerprint density at radius 2 is 2.30 bits per heavy atom. The van der Waals surface area contributed by atoms with Crippen LogP contribution < -0.4 is 5.73 Å². The summed E-state index contributed by atoms with van der Waals surface area (Å²) in [6.45, 7) is 0. The van der Waals surface area contributed by atoms with Crippen LogP contribution in [0.2, 0.25) is 0 Å². The molecule has 0 saturated heterocycles. The number of halogens is 2. The largest absolute Gasteiger partial charge is 0.385 e. The van der Waals surface area contributed by atoms with Crippen LogP contribution in [0.5, 0.6) is 0 Å². The van der Waals surface area contributed by atoms with Gasteiger partial charge in [0.15, 0.2) is 5.00 Å². The van der Waals surface area contributed by atoms with E-state index in [1.807, 2.05) is 0 Å². The minimum Gasteiger partial charge on any atom is -0.385 e. The summed E-state index contributed by atoms with van der Waals surface area (Å²) in [6.07, 6.45) is 3.74. The molecule has 2 atom stereocenters. The Balaban J connectivity index is 2.93. The van der Waals surface area contributed by atoms with Crippen molar-refractivity contribution < 1.29 is 5.11 Å². The van der Waals surface area contributed by atoms with Crippen molar-refractivity contribution >= 4 is 23.2 Å². The topological polar surface area (TPSA) is 46.2 Å². The standard InChI is InChI=1S/C6H7Cl2NO/c7-4-2-1-3-5(10)6(4,8)9/h1-3,5,10H,9H2. The Labute approximate surface area is 68.9 Å². The molecule has 0 radical (unpaired) electrons. The summed E-state index contributed by atoms with van der Waals surface area (Å²) in [5.74, 6) is 0. The Hall–Kier alpha value is -0.0200. The van der Waals surface area contributed by atoms with Gasteiger partial charge in [-0.1, -0.05) is 35.4 Å². The normalized spacial score (nSPS) is 39.6. The molecule has 0 fully saturated rings. The fraction of sp³-hybridized carbons (Fsp3) is 0.333. The van der Waals surface area contributed by atoms with Gasteiger partial charge in [-0.25, -0.2) is 0 Å². The Morgan fingerprint density at radius 1 is 1.70 bits per heavy atom. The molecule has 0 aromatic carbocycles. The maximum absolute atomic E-state index is 9.14. The van der Waals surface area contributed by atoms with E-state index < -0.39 is 11.1 Å². The first-order valence-electron chi connectivity index (χ1n) is 2.75. The summed E-state index contributed by atoms with van der Waals surface area (Å²) < 4.78 is 0. The molecule has 0 saturated carbocycles. The highest BCUT2D eigenvalue weighted by Gasteiger charge is 2.34. The summed E-state index contributed by atoms with van der Waals surface area (Å²) in [5.41, 5.74) is 5.43. The van der Waals surface area contributed by atoms with Gasteiger partial charge in [-0.05, 0) is 6.08 Å². The number of rotatable bonds is 0. The molecule has 1 aliphatic rings. The number of hydrogen-bond acceptors (Lipinski definition) is 2. The molecule has 4 heteroatoms. The van der Waals surface area contributed by atoms with E-state index in [0.29, 0.717) is 0 Å². The minimum absolute atomic E-state index is 0.254. The molecular formula is C6H7Cl2NO. The van der Waals surface area contributed by atoms with Crippen LogP contribution in [0.1, 0.15) is 0 Å². The van der Waals surface area contributed by atoms with Crippen molar-refractivity contribution in [1.82, 2.24) is 0 Å². The monoisotopic (exact) mass is 179 g/mol. The van der Waals surface area contributed by atoms with E-state index >= 15 is 0 Å². The van der Waals surface area contributed by atoms with Crippen LogP contribution in [0, 0.1) is 0 Å². The molecule has 56 valence electrons. The number of aliphatic hydroxyl groups is 1. The lowest BCUT2D eigenvalue weighted by molar-refractivity contribution is 0.189. The first-order chi connectivity index (χ1) is 4.55. The van der Waals surface area contributed by atoms with Gasteiger partial charge in [0.2, 0.25) is 0 Å². The van der Waals surface area contributed by atoms with Gasteiger partial charge >= 0.3 is 0 Å². The Morgan fingerprint density at radius 3 is 2.70 bits per heavy atom. The third-order valence-electron chi connectivity index (χ3n) is 1.33. The smallest absolute Gasteiger partial charge is 0.157 e. The average Bonchev–Trinajstić information content (AvgIpc) is 1.84. The maximum atomic E-state index is 9.14. The number of aliphatic hydroxyl groups excluding tert-OH is 1. The van der Waals surface area contributed by atoms with Crippen molar-refractivity contribution in [1.29, 1.82) is 0 Å². The van der Waals surface area contributed by atoms with Crippen molar-refractivity contribution in [3.05, 3.63) is 23.3 Å². The summed E-state index contributed by atoms with van der Waals surface area (Å²) in [4.78, 5) is -1.34. The molecule has 0 heterocycles. The van der Waals surface area contributed by atoms with Crippen molar-refractivity contribution in [2.24, 2.45) is 5.73 Å². The predicted molar refractivity (Wildman–Crippen MR) is 41.9 cm³/mol. The lowest BCUT2D eigenvalue weighted by Gasteiger charge is -2.27. The SMILES string of the molecule is NC1(Cl)C(Cl)=CC=CC1O. The van der Waals surface area contributed by atoms with Crippen molar-refractivity contribution in [3.63, 3.8) is 0 Å². The zero-order chi connectivity index (χ0) is 7.78. The zero-order valence-electron chi connectivity index (χ0n) is 5.09. The van der Waals surface area contributed by atoms with Crippen LogP contribution >= 0.6 is 23.2 Å². The second-order valence-corrected chi connectivity index (χ2v) is 3.15. The van der Waals surface area contributed by atoms with E-state index in [1.54, 1.807) is 12.2 Å². The van der Waals surface area contributed by atoms with Crippen molar-refractivity contribution in [3.8, 4) is 0 Å². The molecule has 2 nitrogen and oxygen atoms in total. The van der Waals surface area contributed by atoms with E-state index in [-0.39, 0.29) is 5.03 Å². The fourth-order valence-electron chi connectivity index (χ4n) is 0.654. The molecule has 0 aromatic rings. The highest BCUT2D eigenvalue weighted by atomic mass is 35.5. The quantitative estimate of drug-likeness (QED) is 0.430. The Bertz CT molecular complexity index is 198. The predicted octanol–water partition coefficient (Wildman–Crippen LogP) is 0.934. The molecule has 1 aliphatic carbocycles. The summed E-state index contributed by atoms with van der Waals surface area (Å²) in [5, 5.41) is 9.39. The third kappa shape index (κ3) is 1.20. The van der Waals surface area contributed by atoms with E-state index in [1.165, 1.54) is 6.08 Å². The molecule has 0 aliphatic heterocycles. The van der Waals surface area contributed by atoms with Gasteiger partial charge in [0.25, 0.3) is 0 Å². The van der Waals surface area contributed by atoms with Crippen LogP contribution in [-0.4, -0.2) is 16.2 Å². The highest BCUT2D eigenvalue weighted by Crippen LogP contribution is 2.29. The minimum atomic E-state index is -1.34. The van der Waals surface area contributed by atoms with Gasteiger partial charge in [0.05, 0.1) is 5.03 Å². The molecule has 1 rings (SSSR count). The number of alkyl halides is 1. The molecule has 10 heavy (non-hydrogen) atoms. The second-order valence-electron chi connectivity index (χ2n) is 2.11. The van der Waals surface area contributed by atoms with Gasteiger partial charge in [0, 0.05) is 0 Å². The molecule has 0 spiro atoms. The summed E-state index contributed by atoms with van der Waals surface area (Å²) in [6, 6.07) is 0. The van der Waals surface area contributed by atoms with E-state index in [0.717, 1.165) is 0 Å². The Kier molecular flexibility index (Phi) is 2.06. The first kappa shape index (κ1) is 8.08. The number of nitrogens with two attached hydrogens (primary N) is 1. The van der Waals surface area contributed by atoms with Crippen LogP contribution in [-0.2, 0) is 0 Å². The van der Waals surface area contributed by atoms with E-state index in [9.17, 15) is 0 Å². The van der Waals surface area contributed by atoms with E-state index in [2.05, 4.69) is 0 Å². The van der Waals surface area contributed by atoms with Crippen LogP contribution in [0.15, 0.2) is 23.3 Å². The van der Waals surface area contributed by atoms with Gasteiger partial charge in [-0.15, -0.1) is 0 Å². The van der Waals surface area contributed by atoms with Crippen LogP contribution in [0.4, 0.5) is 0 Å². The molecule has 2 unspecified atom stereocenters. The van der Waals surface area contributed by atoms with Crippen LogP contribution in [0.3, 0.4) is 0 Å². The zero-order valence-corrected chi connectivity index (χ0v) is 6.60. The molecule has 3 N–H and O–H groups in total. The summed E-state index contributed by atoms with van der Waals surface area (Å²) >= 11 is 11.2. The average molecular weight is 180 g/mol. The van der Waals surface area contributed by atoms with Crippen molar-refractivity contribution in [2.75, 3.05) is 0 Å². The summed E-state index contributed by atoms with van der Waals surface area (Å²) in [7, 11) is 0. The van der Waals surface area contributed by atoms with Gasteiger partial charge in [0.1, 0.15) is 6.10 Å². The maximum Gasteiger partial charge on any atom is 0.157 e. The lowest BCUT2D eigenvalue weighted by Crippen LogP contribution is -2.46. The number of hydrogen-bond donors (Lipinski definition) is 2. The lowest BCUT2D eigenvalue weighted by atomic mass is 10.1. The third-order valence-corrected chi connectivity index (χ3v) is 2.30. The van der Waals surface area contributed by atoms with Gasteiger partial charge in [-0.2, -0.15) is 0 Å². The second kappa shape index (κ2) is 2.55. The van der Waals surface area contributed by atoms with Crippen LogP contribution in [0.25, 0.3) is 0 Å². The highest BCUT2D eigenvalue weighted by molar-refractivity contribution is 6.39. The van der Waals surface area contributed by atoms with E-state index in [4.69, 9.17) is 34.0 Å². The van der Waals surface area contributed by atoms with Gasteiger partial charge < -0.3 is 10.8 Å². The first-order valence-corrected chi connectivity index (χ1v) is 3.51. The fourth-order valence-corrected chi connectivity index (χ4v) is 0.975. The molecule has 0 amide bonds. The molecule has 0 aromatic heterocycles. The van der Waals surface area contributed by atoms with Gasteiger partial charge in [-0.3, -0.25) is 0 Å².